The molecule has 4 heteroatoms. The number of para-hydroxylation sites is 1. The maximum absolute atomic E-state index is 13.1. The molecule has 0 spiro atoms. The van der Waals surface area contributed by atoms with Crippen molar-refractivity contribution in [2.45, 2.75) is 33.1 Å². The molecule has 0 atom stereocenters. The van der Waals surface area contributed by atoms with Crippen molar-refractivity contribution in [1.82, 2.24) is 4.98 Å². The molecule has 1 aromatic heterocycles. The number of aromatic amines is 1. The number of ether oxygens (including phenoxy) is 1. The number of methoxy groups -OCH3 is 1. The summed E-state index contributed by atoms with van der Waals surface area (Å²) in [4.78, 5) is 16.3. The van der Waals surface area contributed by atoms with E-state index in [4.69, 9.17) is 4.74 Å². The molecule has 0 aliphatic rings. The van der Waals surface area contributed by atoms with Crippen LogP contribution in [0.3, 0.4) is 0 Å². The van der Waals surface area contributed by atoms with Gasteiger partial charge < -0.3 is 15.0 Å². The second-order valence-corrected chi connectivity index (χ2v) is 6.96. The molecule has 0 aliphatic carbocycles. The lowest BCUT2D eigenvalue weighted by molar-refractivity contribution is -0.120. The number of amides is 1. The Morgan fingerprint density at radius 2 is 1.80 bits per heavy atom. The van der Waals surface area contributed by atoms with E-state index >= 15 is 0 Å². The van der Waals surface area contributed by atoms with E-state index in [2.05, 4.69) is 10.3 Å². The molecule has 0 saturated carbocycles. The third kappa shape index (κ3) is 3.00. The van der Waals surface area contributed by atoms with E-state index in [0.29, 0.717) is 0 Å². The average Bonchev–Trinajstić information content (AvgIpc) is 3.01. The van der Waals surface area contributed by atoms with Crippen molar-refractivity contribution in [2.75, 3.05) is 12.4 Å². The van der Waals surface area contributed by atoms with Gasteiger partial charge in [-0.1, -0.05) is 18.2 Å². The highest BCUT2D eigenvalue weighted by Crippen LogP contribution is 2.34. The Balaban J connectivity index is 1.99. The zero-order chi connectivity index (χ0) is 18.2. The summed E-state index contributed by atoms with van der Waals surface area (Å²) < 4.78 is 5.33. The van der Waals surface area contributed by atoms with Crippen LogP contribution in [-0.2, 0) is 10.2 Å². The highest BCUT2D eigenvalue weighted by Gasteiger charge is 2.32. The lowest BCUT2D eigenvalue weighted by atomic mass is 9.83. The van der Waals surface area contributed by atoms with Crippen LogP contribution >= 0.6 is 0 Å². The second kappa shape index (κ2) is 6.28. The third-order valence-electron chi connectivity index (χ3n) is 4.85. The molecule has 2 aromatic carbocycles. The molecule has 0 bridgehead atoms. The summed E-state index contributed by atoms with van der Waals surface area (Å²) in [6.45, 7) is 7.90. The molecule has 0 unspecified atom stereocenters. The fourth-order valence-electron chi connectivity index (χ4n) is 3.15. The SMILES string of the molecule is COc1ccc2[nH]cc(C(C)(C)C(=O)Nc3c(C)cccc3C)c2c1. The van der Waals surface area contributed by atoms with Gasteiger partial charge in [0, 0.05) is 22.8 Å². The first kappa shape index (κ1) is 17.1. The zero-order valence-corrected chi connectivity index (χ0v) is 15.4. The number of aryl methyl sites for hydroxylation is 2. The van der Waals surface area contributed by atoms with E-state index in [9.17, 15) is 4.79 Å². The molecule has 25 heavy (non-hydrogen) atoms. The van der Waals surface area contributed by atoms with E-state index in [1.165, 1.54) is 0 Å². The Hall–Kier alpha value is -2.75. The van der Waals surface area contributed by atoms with Crippen LogP contribution in [0.4, 0.5) is 5.69 Å². The van der Waals surface area contributed by atoms with Crippen LogP contribution in [0.2, 0.25) is 0 Å². The van der Waals surface area contributed by atoms with Crippen LogP contribution in [0.15, 0.2) is 42.6 Å². The predicted molar refractivity (Wildman–Crippen MR) is 102 cm³/mol. The first-order chi connectivity index (χ1) is 11.8. The Labute approximate surface area is 148 Å². The number of fused-ring (bicyclic) bond motifs is 1. The predicted octanol–water partition coefficient (Wildman–Crippen LogP) is 4.71. The fraction of sp³-hybridized carbons (Fsp3) is 0.286. The lowest BCUT2D eigenvalue weighted by Gasteiger charge is -2.25. The van der Waals surface area contributed by atoms with Crippen LogP contribution in [0.1, 0.15) is 30.5 Å². The van der Waals surface area contributed by atoms with Gasteiger partial charge in [0.25, 0.3) is 0 Å². The summed E-state index contributed by atoms with van der Waals surface area (Å²) in [5.41, 5.74) is 4.25. The number of anilines is 1. The van der Waals surface area contributed by atoms with Crippen molar-refractivity contribution >= 4 is 22.5 Å². The molecule has 4 nitrogen and oxygen atoms in total. The van der Waals surface area contributed by atoms with Gasteiger partial charge in [0.05, 0.1) is 12.5 Å². The minimum absolute atomic E-state index is 0.0337. The van der Waals surface area contributed by atoms with Crippen molar-refractivity contribution in [3.63, 3.8) is 0 Å². The van der Waals surface area contributed by atoms with E-state index in [-0.39, 0.29) is 5.91 Å². The van der Waals surface area contributed by atoms with Crippen molar-refractivity contribution in [2.24, 2.45) is 0 Å². The van der Waals surface area contributed by atoms with E-state index < -0.39 is 5.41 Å². The molecule has 0 aliphatic heterocycles. The summed E-state index contributed by atoms with van der Waals surface area (Å²) in [5, 5.41) is 4.12. The second-order valence-electron chi connectivity index (χ2n) is 6.96. The molecular weight excluding hydrogens is 312 g/mol. The monoisotopic (exact) mass is 336 g/mol. The number of hydrogen-bond acceptors (Lipinski definition) is 2. The first-order valence-corrected chi connectivity index (χ1v) is 8.38. The summed E-state index contributed by atoms with van der Waals surface area (Å²) >= 11 is 0. The normalized spacial score (nSPS) is 11.6. The highest BCUT2D eigenvalue weighted by atomic mass is 16.5. The number of nitrogens with one attached hydrogen (secondary N) is 2. The summed E-state index contributed by atoms with van der Waals surface area (Å²) in [6.07, 6.45) is 1.91. The van der Waals surface area contributed by atoms with Gasteiger partial charge in [-0.15, -0.1) is 0 Å². The highest BCUT2D eigenvalue weighted by molar-refractivity contribution is 6.02. The van der Waals surface area contributed by atoms with E-state index in [1.54, 1.807) is 7.11 Å². The molecule has 0 saturated heterocycles. The van der Waals surface area contributed by atoms with Crippen LogP contribution in [0.25, 0.3) is 10.9 Å². The van der Waals surface area contributed by atoms with Crippen LogP contribution in [-0.4, -0.2) is 18.0 Å². The fourth-order valence-corrected chi connectivity index (χ4v) is 3.15. The largest absolute Gasteiger partial charge is 0.497 e. The van der Waals surface area contributed by atoms with Gasteiger partial charge in [0.1, 0.15) is 5.75 Å². The quantitative estimate of drug-likeness (QED) is 0.725. The van der Waals surface area contributed by atoms with Gasteiger partial charge in [0.15, 0.2) is 0 Å². The standard InChI is InChI=1S/C21H24N2O2/c1-13-7-6-8-14(2)19(13)23-20(24)21(3,4)17-12-22-18-10-9-15(25-5)11-16(17)18/h6-12,22H,1-5H3,(H,23,24). The number of H-pyrrole nitrogens is 1. The van der Waals surface area contributed by atoms with Crippen LogP contribution in [0, 0.1) is 13.8 Å². The number of rotatable bonds is 4. The summed E-state index contributed by atoms with van der Waals surface area (Å²) in [6, 6.07) is 11.9. The topological polar surface area (TPSA) is 54.1 Å². The molecule has 130 valence electrons. The van der Waals surface area contributed by atoms with Gasteiger partial charge >= 0.3 is 0 Å². The van der Waals surface area contributed by atoms with Gasteiger partial charge in [0.2, 0.25) is 5.91 Å². The number of aromatic nitrogens is 1. The van der Waals surface area contributed by atoms with Crippen LogP contribution < -0.4 is 10.1 Å². The molecule has 3 rings (SSSR count). The molecule has 0 radical (unpaired) electrons. The maximum atomic E-state index is 13.1. The number of benzene rings is 2. The Morgan fingerprint density at radius 3 is 2.44 bits per heavy atom. The first-order valence-electron chi connectivity index (χ1n) is 8.38. The van der Waals surface area contributed by atoms with Gasteiger partial charge in [-0.05, 0) is 62.6 Å². The Morgan fingerprint density at radius 1 is 1.12 bits per heavy atom. The Bertz CT molecular complexity index is 918. The summed E-state index contributed by atoms with van der Waals surface area (Å²) in [5.74, 6) is 0.743. The number of carbonyl (C=O) groups excluding carboxylic acids is 1. The van der Waals surface area contributed by atoms with Gasteiger partial charge in [-0.2, -0.15) is 0 Å². The average molecular weight is 336 g/mol. The van der Waals surface area contributed by atoms with Crippen LogP contribution in [0.5, 0.6) is 5.75 Å². The third-order valence-corrected chi connectivity index (χ3v) is 4.85. The molecule has 2 N–H and O–H groups in total. The van der Waals surface area contributed by atoms with Crippen molar-refractivity contribution in [1.29, 1.82) is 0 Å². The van der Waals surface area contributed by atoms with Gasteiger partial charge in [-0.3, -0.25) is 4.79 Å². The number of carbonyl (C=O) groups is 1. The van der Waals surface area contributed by atoms with Crippen molar-refractivity contribution in [3.8, 4) is 5.75 Å². The lowest BCUT2D eigenvalue weighted by Crippen LogP contribution is -2.35. The van der Waals surface area contributed by atoms with Gasteiger partial charge in [-0.25, -0.2) is 0 Å². The minimum atomic E-state index is -0.695. The zero-order valence-electron chi connectivity index (χ0n) is 15.4. The van der Waals surface area contributed by atoms with Crippen molar-refractivity contribution in [3.05, 3.63) is 59.3 Å². The molecule has 0 fully saturated rings. The van der Waals surface area contributed by atoms with Crippen molar-refractivity contribution < 1.29 is 9.53 Å². The minimum Gasteiger partial charge on any atom is -0.497 e. The Kier molecular flexibility index (Phi) is 4.29. The molecule has 1 amide bonds. The molecular formula is C21H24N2O2. The molecule has 1 heterocycles. The van der Waals surface area contributed by atoms with E-state index in [1.807, 2.05) is 70.3 Å². The maximum Gasteiger partial charge on any atom is 0.234 e. The summed E-state index contributed by atoms with van der Waals surface area (Å²) in [7, 11) is 1.65. The van der Waals surface area contributed by atoms with E-state index in [0.717, 1.165) is 39.0 Å². The smallest absolute Gasteiger partial charge is 0.234 e. The molecule has 3 aromatic rings. The number of hydrogen-bond donors (Lipinski definition) is 2.